The Bertz CT molecular complexity index is 738. The summed E-state index contributed by atoms with van der Waals surface area (Å²) in [6.45, 7) is 7.94. The largest absolute Gasteiger partial charge is 0.340 e. The van der Waals surface area contributed by atoms with E-state index in [1.807, 2.05) is 22.8 Å². The number of carbonyl (C=O) groups excluding carboxylic acids is 2. The molecular weight excluding hydrogens is 404 g/mol. The second-order valence-corrected chi connectivity index (χ2v) is 9.50. The molecule has 2 amide bonds. The topological polar surface area (TPSA) is 72.9 Å². The maximum Gasteiger partial charge on any atom is 0.239 e. The molecule has 32 heavy (non-hydrogen) atoms. The molecule has 0 radical (unpaired) electrons. The SMILES string of the molecule is CC(C(=O)N1CCN(c2ncccn2)CC1)N1CCN(C(=O)CCC2CCCCC2)CC1. The molecule has 3 fully saturated rings. The maximum absolute atomic E-state index is 13.1. The van der Waals surface area contributed by atoms with Gasteiger partial charge in [-0.2, -0.15) is 0 Å². The van der Waals surface area contributed by atoms with Crippen molar-refractivity contribution in [3.63, 3.8) is 0 Å². The van der Waals surface area contributed by atoms with Gasteiger partial charge in [-0.25, -0.2) is 9.97 Å². The summed E-state index contributed by atoms with van der Waals surface area (Å²) in [4.78, 5) is 42.7. The van der Waals surface area contributed by atoms with Crippen molar-refractivity contribution in [2.75, 3.05) is 57.3 Å². The highest BCUT2D eigenvalue weighted by atomic mass is 16.2. The van der Waals surface area contributed by atoms with Gasteiger partial charge in [-0.15, -0.1) is 0 Å². The summed E-state index contributed by atoms with van der Waals surface area (Å²) in [5.41, 5.74) is 0. The molecule has 1 saturated carbocycles. The first-order chi connectivity index (χ1) is 15.6. The minimum absolute atomic E-state index is 0.144. The Morgan fingerprint density at radius 2 is 1.53 bits per heavy atom. The Labute approximate surface area is 192 Å². The number of hydrogen-bond acceptors (Lipinski definition) is 6. The molecule has 1 atom stereocenters. The third-order valence-electron chi connectivity index (χ3n) is 7.49. The Morgan fingerprint density at radius 1 is 0.906 bits per heavy atom. The second kappa shape index (κ2) is 11.1. The Balaban J connectivity index is 1.18. The zero-order valence-corrected chi connectivity index (χ0v) is 19.5. The Morgan fingerprint density at radius 3 is 2.19 bits per heavy atom. The van der Waals surface area contributed by atoms with Crippen molar-refractivity contribution >= 4 is 17.8 Å². The molecule has 0 spiro atoms. The zero-order chi connectivity index (χ0) is 22.3. The third-order valence-corrected chi connectivity index (χ3v) is 7.49. The predicted octanol–water partition coefficient (Wildman–Crippen LogP) is 2.02. The van der Waals surface area contributed by atoms with Crippen LogP contribution in [-0.2, 0) is 9.59 Å². The molecule has 3 heterocycles. The van der Waals surface area contributed by atoms with Crippen molar-refractivity contribution in [3.05, 3.63) is 18.5 Å². The van der Waals surface area contributed by atoms with Gasteiger partial charge in [0.05, 0.1) is 6.04 Å². The molecule has 176 valence electrons. The fraction of sp³-hybridized carbons (Fsp3) is 0.750. The van der Waals surface area contributed by atoms with E-state index in [1.54, 1.807) is 12.4 Å². The standard InChI is InChI=1S/C24H38N6O2/c1-20(23(32)29-16-18-30(19-17-29)24-25-10-5-11-26-24)27-12-14-28(15-13-27)22(31)9-8-21-6-3-2-4-7-21/h5,10-11,20-21H,2-4,6-9,12-19H2,1H3. The highest BCUT2D eigenvalue weighted by Crippen LogP contribution is 2.27. The van der Waals surface area contributed by atoms with Crippen LogP contribution < -0.4 is 4.90 Å². The van der Waals surface area contributed by atoms with Crippen LogP contribution in [0.25, 0.3) is 0 Å². The summed E-state index contributed by atoms with van der Waals surface area (Å²) < 4.78 is 0. The summed E-state index contributed by atoms with van der Waals surface area (Å²) in [5.74, 6) is 1.97. The van der Waals surface area contributed by atoms with Gasteiger partial charge in [-0.05, 0) is 25.3 Å². The molecule has 4 rings (SSSR count). The smallest absolute Gasteiger partial charge is 0.239 e. The van der Waals surface area contributed by atoms with Gasteiger partial charge in [-0.1, -0.05) is 32.1 Å². The van der Waals surface area contributed by atoms with E-state index in [1.165, 1.54) is 32.1 Å². The van der Waals surface area contributed by atoms with Gasteiger partial charge in [0, 0.05) is 71.2 Å². The fourth-order valence-electron chi connectivity index (χ4n) is 5.32. The first-order valence-corrected chi connectivity index (χ1v) is 12.4. The molecule has 8 nitrogen and oxygen atoms in total. The molecule has 0 N–H and O–H groups in total. The van der Waals surface area contributed by atoms with Crippen molar-refractivity contribution < 1.29 is 9.59 Å². The van der Waals surface area contributed by atoms with Crippen LogP contribution in [0.3, 0.4) is 0 Å². The Kier molecular flexibility index (Phi) is 7.95. The highest BCUT2D eigenvalue weighted by molar-refractivity contribution is 5.82. The lowest BCUT2D eigenvalue weighted by molar-refractivity contribution is -0.139. The first-order valence-electron chi connectivity index (χ1n) is 12.4. The van der Waals surface area contributed by atoms with Crippen LogP contribution in [0.2, 0.25) is 0 Å². The lowest BCUT2D eigenvalue weighted by atomic mass is 9.86. The Hall–Kier alpha value is -2.22. The van der Waals surface area contributed by atoms with Crippen LogP contribution in [0.5, 0.6) is 0 Å². The van der Waals surface area contributed by atoms with Crippen LogP contribution in [-0.4, -0.2) is 94.9 Å². The average Bonchev–Trinajstić information content (AvgIpc) is 2.88. The quantitative estimate of drug-likeness (QED) is 0.671. The summed E-state index contributed by atoms with van der Waals surface area (Å²) in [6.07, 6.45) is 11.9. The summed E-state index contributed by atoms with van der Waals surface area (Å²) in [5, 5.41) is 0. The molecule has 8 heteroatoms. The molecular formula is C24H38N6O2. The van der Waals surface area contributed by atoms with E-state index in [2.05, 4.69) is 19.8 Å². The predicted molar refractivity (Wildman–Crippen MR) is 124 cm³/mol. The van der Waals surface area contributed by atoms with E-state index in [0.717, 1.165) is 57.6 Å². The normalized spacial score (nSPS) is 22.1. The number of anilines is 1. The zero-order valence-electron chi connectivity index (χ0n) is 19.5. The lowest BCUT2D eigenvalue weighted by Gasteiger charge is -2.41. The molecule has 1 aromatic rings. The molecule has 0 aromatic carbocycles. The fourth-order valence-corrected chi connectivity index (χ4v) is 5.32. The molecule has 1 aromatic heterocycles. The molecule has 3 aliphatic rings. The minimum Gasteiger partial charge on any atom is -0.340 e. The van der Waals surface area contributed by atoms with E-state index in [-0.39, 0.29) is 11.9 Å². The van der Waals surface area contributed by atoms with Crippen LogP contribution in [0, 0.1) is 5.92 Å². The van der Waals surface area contributed by atoms with E-state index in [0.29, 0.717) is 25.4 Å². The van der Waals surface area contributed by atoms with E-state index in [9.17, 15) is 9.59 Å². The van der Waals surface area contributed by atoms with Crippen LogP contribution in [0.1, 0.15) is 51.9 Å². The summed E-state index contributed by atoms with van der Waals surface area (Å²) in [6, 6.07) is 1.67. The van der Waals surface area contributed by atoms with Gasteiger partial charge in [-0.3, -0.25) is 14.5 Å². The number of piperazine rings is 2. The van der Waals surface area contributed by atoms with E-state index in [4.69, 9.17) is 0 Å². The molecule has 2 saturated heterocycles. The van der Waals surface area contributed by atoms with Gasteiger partial charge < -0.3 is 14.7 Å². The number of carbonyl (C=O) groups is 2. The van der Waals surface area contributed by atoms with Crippen molar-refractivity contribution in [1.29, 1.82) is 0 Å². The van der Waals surface area contributed by atoms with Gasteiger partial charge >= 0.3 is 0 Å². The average molecular weight is 443 g/mol. The number of rotatable bonds is 6. The molecule has 0 bridgehead atoms. The second-order valence-electron chi connectivity index (χ2n) is 9.50. The van der Waals surface area contributed by atoms with E-state index < -0.39 is 0 Å². The molecule has 1 unspecified atom stereocenters. The molecule has 1 aliphatic carbocycles. The number of amides is 2. The number of aromatic nitrogens is 2. The monoisotopic (exact) mass is 442 g/mol. The first kappa shape index (κ1) is 23.0. The number of nitrogens with zero attached hydrogens (tertiary/aromatic N) is 6. The van der Waals surface area contributed by atoms with Crippen molar-refractivity contribution in [2.24, 2.45) is 5.92 Å². The lowest BCUT2D eigenvalue weighted by Crippen LogP contribution is -2.58. The van der Waals surface area contributed by atoms with Gasteiger partial charge in [0.25, 0.3) is 0 Å². The van der Waals surface area contributed by atoms with Gasteiger partial charge in [0.2, 0.25) is 17.8 Å². The van der Waals surface area contributed by atoms with Crippen LogP contribution >= 0.6 is 0 Å². The summed E-state index contributed by atoms with van der Waals surface area (Å²) in [7, 11) is 0. The van der Waals surface area contributed by atoms with Crippen molar-refractivity contribution in [2.45, 2.75) is 57.9 Å². The van der Waals surface area contributed by atoms with Crippen molar-refractivity contribution in [3.8, 4) is 0 Å². The highest BCUT2D eigenvalue weighted by Gasteiger charge is 2.31. The van der Waals surface area contributed by atoms with Crippen LogP contribution in [0.15, 0.2) is 18.5 Å². The van der Waals surface area contributed by atoms with E-state index >= 15 is 0 Å². The van der Waals surface area contributed by atoms with Crippen molar-refractivity contribution in [1.82, 2.24) is 24.7 Å². The van der Waals surface area contributed by atoms with Gasteiger partial charge in [0.1, 0.15) is 0 Å². The minimum atomic E-state index is -0.144. The van der Waals surface area contributed by atoms with Crippen LogP contribution in [0.4, 0.5) is 5.95 Å². The number of hydrogen-bond donors (Lipinski definition) is 0. The van der Waals surface area contributed by atoms with Gasteiger partial charge in [0.15, 0.2) is 0 Å². The summed E-state index contributed by atoms with van der Waals surface area (Å²) >= 11 is 0. The maximum atomic E-state index is 13.1. The molecule has 2 aliphatic heterocycles. The third kappa shape index (κ3) is 5.77.